The van der Waals surface area contributed by atoms with E-state index in [1.165, 1.54) is 13.2 Å². The Hall–Kier alpha value is -2.10. The van der Waals surface area contributed by atoms with Crippen molar-refractivity contribution in [3.63, 3.8) is 0 Å². The summed E-state index contributed by atoms with van der Waals surface area (Å²) in [6.45, 7) is 2.28. The van der Waals surface area contributed by atoms with E-state index in [9.17, 15) is 9.59 Å². The van der Waals surface area contributed by atoms with E-state index in [2.05, 4.69) is 10.1 Å². The average molecular weight is 247 g/mol. The number of nitrogens with one attached hydrogen (secondary N) is 1. The predicted octanol–water partition coefficient (Wildman–Crippen LogP) is 1.69. The molecule has 0 spiro atoms. The van der Waals surface area contributed by atoms with Crippen LogP contribution in [0.2, 0.25) is 0 Å². The van der Waals surface area contributed by atoms with E-state index in [0.29, 0.717) is 0 Å². The Bertz CT molecular complexity index is 452. The molecule has 1 aromatic rings. The van der Waals surface area contributed by atoms with Gasteiger partial charge in [0.05, 0.1) is 13.5 Å². The van der Waals surface area contributed by atoms with Gasteiger partial charge < -0.3 is 10.1 Å². The number of aryl methyl sites for hydroxylation is 1. The Balaban J connectivity index is 2.38. The van der Waals surface area contributed by atoms with Crippen LogP contribution in [0.25, 0.3) is 6.08 Å². The zero-order chi connectivity index (χ0) is 13.4. The maximum atomic E-state index is 11.4. The van der Waals surface area contributed by atoms with Crippen LogP contribution in [0.3, 0.4) is 0 Å². The van der Waals surface area contributed by atoms with E-state index in [1.54, 1.807) is 6.08 Å². The maximum absolute atomic E-state index is 11.4. The molecule has 1 amide bonds. The Morgan fingerprint density at radius 1 is 1.39 bits per heavy atom. The Kier molecular flexibility index (Phi) is 5.64. The fraction of sp³-hybridized carbons (Fsp3) is 0.286. The molecule has 4 heteroatoms. The molecule has 0 heterocycles. The van der Waals surface area contributed by atoms with Crippen molar-refractivity contribution in [1.82, 2.24) is 5.32 Å². The van der Waals surface area contributed by atoms with Crippen molar-refractivity contribution in [3.05, 3.63) is 41.5 Å². The van der Waals surface area contributed by atoms with Crippen LogP contribution in [-0.2, 0) is 14.3 Å². The summed E-state index contributed by atoms with van der Waals surface area (Å²) in [5, 5.41) is 2.61. The molecule has 1 N–H and O–H groups in total. The normalized spacial score (nSPS) is 10.3. The number of esters is 1. The summed E-state index contributed by atoms with van der Waals surface area (Å²) in [5.74, 6) is -0.557. The molecule has 1 aromatic carbocycles. The van der Waals surface area contributed by atoms with Crippen LogP contribution in [0.15, 0.2) is 30.3 Å². The Morgan fingerprint density at radius 2 is 2.17 bits per heavy atom. The minimum Gasteiger partial charge on any atom is -0.469 e. The van der Waals surface area contributed by atoms with Gasteiger partial charge in [-0.1, -0.05) is 29.8 Å². The first kappa shape index (κ1) is 14.0. The third kappa shape index (κ3) is 5.30. The van der Waals surface area contributed by atoms with E-state index in [-0.39, 0.29) is 24.8 Å². The summed E-state index contributed by atoms with van der Waals surface area (Å²) >= 11 is 0. The van der Waals surface area contributed by atoms with E-state index in [1.807, 2.05) is 31.2 Å². The highest BCUT2D eigenvalue weighted by atomic mass is 16.5. The quantitative estimate of drug-likeness (QED) is 0.636. The maximum Gasteiger partial charge on any atom is 0.307 e. The second-order valence-corrected chi connectivity index (χ2v) is 3.86. The molecule has 0 saturated heterocycles. The van der Waals surface area contributed by atoms with Crippen LogP contribution in [0, 0.1) is 6.92 Å². The van der Waals surface area contributed by atoms with Gasteiger partial charge in [0, 0.05) is 12.6 Å². The zero-order valence-electron chi connectivity index (χ0n) is 10.6. The lowest BCUT2D eigenvalue weighted by atomic mass is 10.1. The second kappa shape index (κ2) is 7.27. The first-order chi connectivity index (χ1) is 8.61. The van der Waals surface area contributed by atoms with Crippen molar-refractivity contribution >= 4 is 18.0 Å². The molecule has 0 radical (unpaired) electrons. The van der Waals surface area contributed by atoms with E-state index < -0.39 is 0 Å². The lowest BCUT2D eigenvalue weighted by molar-refractivity contribution is -0.140. The summed E-state index contributed by atoms with van der Waals surface area (Å²) in [4.78, 5) is 22.2. The van der Waals surface area contributed by atoms with E-state index >= 15 is 0 Å². The molecule has 0 fully saturated rings. The molecule has 0 aliphatic heterocycles. The molecule has 1 rings (SSSR count). The molecule has 0 atom stereocenters. The number of ether oxygens (including phenoxy) is 1. The molecule has 0 bridgehead atoms. The largest absolute Gasteiger partial charge is 0.469 e. The number of benzene rings is 1. The predicted molar refractivity (Wildman–Crippen MR) is 69.9 cm³/mol. The van der Waals surface area contributed by atoms with E-state index in [0.717, 1.165) is 11.1 Å². The van der Waals surface area contributed by atoms with Crippen LogP contribution in [0.4, 0.5) is 0 Å². The van der Waals surface area contributed by atoms with Crippen molar-refractivity contribution in [2.45, 2.75) is 13.3 Å². The van der Waals surface area contributed by atoms with E-state index in [4.69, 9.17) is 0 Å². The van der Waals surface area contributed by atoms with Gasteiger partial charge in [-0.3, -0.25) is 9.59 Å². The molecule has 0 aliphatic rings. The van der Waals surface area contributed by atoms with Crippen molar-refractivity contribution in [2.75, 3.05) is 13.7 Å². The summed E-state index contributed by atoms with van der Waals surface area (Å²) in [5.41, 5.74) is 2.11. The lowest BCUT2D eigenvalue weighted by Gasteiger charge is -2.00. The van der Waals surface area contributed by atoms with Gasteiger partial charge in [0.25, 0.3) is 0 Å². The fourth-order valence-corrected chi connectivity index (χ4v) is 1.39. The molecule has 0 saturated carbocycles. The minimum absolute atomic E-state index is 0.181. The fourth-order valence-electron chi connectivity index (χ4n) is 1.39. The van der Waals surface area contributed by atoms with Gasteiger partial charge >= 0.3 is 5.97 Å². The molecule has 0 aliphatic carbocycles. The summed E-state index contributed by atoms with van der Waals surface area (Å²) in [6.07, 6.45) is 3.37. The molecular formula is C14H17NO3. The van der Waals surface area contributed by atoms with Crippen LogP contribution in [0.1, 0.15) is 17.5 Å². The lowest BCUT2D eigenvalue weighted by Crippen LogP contribution is -2.24. The third-order valence-corrected chi connectivity index (χ3v) is 2.33. The van der Waals surface area contributed by atoms with Crippen LogP contribution < -0.4 is 5.32 Å². The number of hydrogen-bond donors (Lipinski definition) is 1. The summed E-state index contributed by atoms with van der Waals surface area (Å²) in [6, 6.07) is 7.83. The van der Waals surface area contributed by atoms with Gasteiger partial charge in [-0.15, -0.1) is 0 Å². The van der Waals surface area contributed by atoms with Crippen molar-refractivity contribution in [1.29, 1.82) is 0 Å². The summed E-state index contributed by atoms with van der Waals surface area (Å²) in [7, 11) is 1.32. The summed E-state index contributed by atoms with van der Waals surface area (Å²) < 4.78 is 4.47. The number of amides is 1. The molecule has 0 aromatic heterocycles. The number of carbonyl (C=O) groups excluding carboxylic acids is 2. The zero-order valence-corrected chi connectivity index (χ0v) is 10.6. The van der Waals surface area contributed by atoms with Gasteiger partial charge in [0.2, 0.25) is 5.91 Å². The monoisotopic (exact) mass is 247 g/mol. The highest BCUT2D eigenvalue weighted by Gasteiger charge is 2.00. The topological polar surface area (TPSA) is 55.4 Å². The SMILES string of the molecule is COC(=O)CCNC(=O)/C=C\c1cccc(C)c1. The van der Waals surface area contributed by atoms with Crippen molar-refractivity contribution in [2.24, 2.45) is 0 Å². The van der Waals surface area contributed by atoms with Gasteiger partial charge in [-0.25, -0.2) is 0 Å². The van der Waals surface area contributed by atoms with Gasteiger partial charge in [-0.2, -0.15) is 0 Å². The average Bonchev–Trinajstić information content (AvgIpc) is 2.36. The number of methoxy groups -OCH3 is 1. The molecule has 96 valence electrons. The van der Waals surface area contributed by atoms with Crippen molar-refractivity contribution < 1.29 is 14.3 Å². The number of hydrogen-bond acceptors (Lipinski definition) is 3. The van der Waals surface area contributed by atoms with Crippen molar-refractivity contribution in [3.8, 4) is 0 Å². The molecule has 4 nitrogen and oxygen atoms in total. The number of carbonyl (C=O) groups is 2. The standard InChI is InChI=1S/C14H17NO3/c1-11-4-3-5-12(10-11)6-7-13(16)15-9-8-14(17)18-2/h3-7,10H,8-9H2,1-2H3,(H,15,16)/b7-6-. The second-order valence-electron chi connectivity index (χ2n) is 3.86. The van der Waals surface area contributed by atoms with Gasteiger partial charge in [-0.05, 0) is 18.6 Å². The minimum atomic E-state index is -0.335. The third-order valence-electron chi connectivity index (χ3n) is 2.33. The molecule has 0 unspecified atom stereocenters. The van der Waals surface area contributed by atoms with Gasteiger partial charge in [0.1, 0.15) is 0 Å². The first-order valence-electron chi connectivity index (χ1n) is 5.71. The van der Waals surface area contributed by atoms with Crippen LogP contribution in [0.5, 0.6) is 0 Å². The van der Waals surface area contributed by atoms with Gasteiger partial charge in [0.15, 0.2) is 0 Å². The Morgan fingerprint density at radius 3 is 2.83 bits per heavy atom. The molecule has 18 heavy (non-hydrogen) atoms. The highest BCUT2D eigenvalue weighted by Crippen LogP contribution is 2.05. The Labute approximate surface area is 107 Å². The van der Waals surface area contributed by atoms with Crippen LogP contribution in [-0.4, -0.2) is 25.5 Å². The van der Waals surface area contributed by atoms with Crippen LogP contribution >= 0.6 is 0 Å². The highest BCUT2D eigenvalue weighted by molar-refractivity contribution is 5.91. The molecular weight excluding hydrogens is 230 g/mol. The first-order valence-corrected chi connectivity index (χ1v) is 5.71. The number of rotatable bonds is 5. The smallest absolute Gasteiger partial charge is 0.307 e.